The lowest BCUT2D eigenvalue weighted by Gasteiger charge is -2.09. The van der Waals surface area contributed by atoms with E-state index in [1.165, 1.54) is 0 Å². The quantitative estimate of drug-likeness (QED) is 0.727. The van der Waals surface area contributed by atoms with Gasteiger partial charge in [-0.3, -0.25) is 9.69 Å². The molecular weight excluding hydrogens is 186 g/mol. The van der Waals surface area contributed by atoms with Gasteiger partial charge in [-0.15, -0.1) is 0 Å². The Hall–Kier alpha value is -1.43. The zero-order valence-electron chi connectivity index (χ0n) is 8.23. The van der Waals surface area contributed by atoms with E-state index >= 15 is 0 Å². The van der Waals surface area contributed by atoms with Crippen molar-refractivity contribution in [2.75, 3.05) is 13.6 Å². The fourth-order valence-electron chi connectivity index (χ4n) is 1.02. The zero-order chi connectivity index (χ0) is 10.6. The Morgan fingerprint density at radius 3 is 2.86 bits per heavy atom. The first-order valence-electron chi connectivity index (χ1n) is 4.33. The first-order chi connectivity index (χ1) is 6.61. The molecule has 1 heterocycles. The molecule has 78 valence electrons. The van der Waals surface area contributed by atoms with E-state index in [9.17, 15) is 4.79 Å². The van der Waals surface area contributed by atoms with E-state index in [4.69, 9.17) is 9.63 Å². The Bertz CT molecular complexity index is 311. The van der Waals surface area contributed by atoms with Gasteiger partial charge in [0.05, 0.1) is 13.1 Å². The number of hydrogen-bond donors (Lipinski definition) is 1. The maximum absolute atomic E-state index is 10.4. The molecule has 0 atom stereocenters. The SMILES string of the molecule is CCc1noc(CN(C)CC(=O)O)n1. The molecule has 1 N–H and O–H groups in total. The minimum Gasteiger partial charge on any atom is -0.480 e. The summed E-state index contributed by atoms with van der Waals surface area (Å²) in [6.45, 7) is 2.25. The average molecular weight is 199 g/mol. The third-order valence-electron chi connectivity index (χ3n) is 1.64. The molecule has 6 nitrogen and oxygen atoms in total. The Labute approximate surface area is 81.5 Å². The number of nitrogens with zero attached hydrogens (tertiary/aromatic N) is 3. The van der Waals surface area contributed by atoms with E-state index < -0.39 is 5.97 Å². The van der Waals surface area contributed by atoms with Crippen LogP contribution in [0.4, 0.5) is 0 Å². The number of aromatic nitrogens is 2. The molecule has 0 unspecified atom stereocenters. The molecule has 1 rings (SSSR count). The lowest BCUT2D eigenvalue weighted by atomic mass is 10.4. The standard InChI is InChI=1S/C8H13N3O3/c1-3-6-9-7(14-10-6)4-11(2)5-8(12)13/h3-5H2,1-2H3,(H,12,13). The van der Waals surface area contributed by atoms with Crippen LogP contribution in [0, 0.1) is 0 Å². The van der Waals surface area contributed by atoms with Crippen molar-refractivity contribution in [3.63, 3.8) is 0 Å². The normalized spacial score (nSPS) is 10.8. The summed E-state index contributed by atoms with van der Waals surface area (Å²) in [5, 5.41) is 12.2. The molecule has 0 saturated carbocycles. The fraction of sp³-hybridized carbons (Fsp3) is 0.625. The van der Waals surface area contributed by atoms with Gasteiger partial charge in [0.25, 0.3) is 0 Å². The Balaban J connectivity index is 2.47. The van der Waals surface area contributed by atoms with Gasteiger partial charge in [-0.1, -0.05) is 12.1 Å². The van der Waals surface area contributed by atoms with Gasteiger partial charge in [-0.05, 0) is 7.05 Å². The summed E-state index contributed by atoms with van der Waals surface area (Å²) in [7, 11) is 1.68. The summed E-state index contributed by atoms with van der Waals surface area (Å²) in [6.07, 6.45) is 0.714. The van der Waals surface area contributed by atoms with Crippen LogP contribution in [0.3, 0.4) is 0 Å². The van der Waals surface area contributed by atoms with Crippen LogP contribution in [-0.4, -0.2) is 39.7 Å². The molecule has 1 aromatic heterocycles. The van der Waals surface area contributed by atoms with E-state index in [1.807, 2.05) is 6.92 Å². The molecule has 0 radical (unpaired) electrons. The molecule has 0 aliphatic rings. The van der Waals surface area contributed by atoms with Crippen molar-refractivity contribution in [3.05, 3.63) is 11.7 Å². The van der Waals surface area contributed by atoms with E-state index in [0.717, 1.165) is 0 Å². The van der Waals surface area contributed by atoms with Gasteiger partial charge in [0.2, 0.25) is 5.89 Å². The maximum Gasteiger partial charge on any atom is 0.317 e. The second-order valence-corrected chi connectivity index (χ2v) is 3.02. The fourth-order valence-corrected chi connectivity index (χ4v) is 1.02. The van der Waals surface area contributed by atoms with Crippen LogP contribution in [0.5, 0.6) is 0 Å². The monoisotopic (exact) mass is 199 g/mol. The van der Waals surface area contributed by atoms with Crippen LogP contribution in [0.1, 0.15) is 18.6 Å². The van der Waals surface area contributed by atoms with Crippen LogP contribution < -0.4 is 0 Å². The average Bonchev–Trinajstić information content (AvgIpc) is 2.50. The van der Waals surface area contributed by atoms with E-state index in [0.29, 0.717) is 24.7 Å². The number of carbonyl (C=O) groups is 1. The van der Waals surface area contributed by atoms with Crippen molar-refractivity contribution in [2.45, 2.75) is 19.9 Å². The summed E-state index contributed by atoms with van der Waals surface area (Å²) in [4.78, 5) is 16.0. The minimum absolute atomic E-state index is 0.0379. The van der Waals surface area contributed by atoms with E-state index in [2.05, 4.69) is 10.1 Å². The van der Waals surface area contributed by atoms with Crippen molar-refractivity contribution in [2.24, 2.45) is 0 Å². The number of rotatable bonds is 5. The van der Waals surface area contributed by atoms with Gasteiger partial charge in [-0.25, -0.2) is 0 Å². The molecule has 0 aromatic carbocycles. The Morgan fingerprint density at radius 2 is 2.36 bits per heavy atom. The predicted octanol–water partition coefficient (Wildman–Crippen LogP) is 0.148. The third kappa shape index (κ3) is 3.14. The molecular formula is C8H13N3O3. The summed E-state index contributed by atoms with van der Waals surface area (Å²) in [5.74, 6) is 0.219. The first-order valence-corrected chi connectivity index (χ1v) is 4.33. The van der Waals surface area contributed by atoms with Crippen molar-refractivity contribution in [3.8, 4) is 0 Å². The molecule has 14 heavy (non-hydrogen) atoms. The predicted molar refractivity (Wildman–Crippen MR) is 47.6 cm³/mol. The Morgan fingerprint density at radius 1 is 1.64 bits per heavy atom. The second-order valence-electron chi connectivity index (χ2n) is 3.02. The molecule has 0 fully saturated rings. The molecule has 6 heteroatoms. The van der Waals surface area contributed by atoms with Gasteiger partial charge >= 0.3 is 5.97 Å². The van der Waals surface area contributed by atoms with Crippen molar-refractivity contribution < 1.29 is 14.4 Å². The Kier molecular flexibility index (Phi) is 3.58. The minimum atomic E-state index is -0.872. The number of carboxylic acids is 1. The highest BCUT2D eigenvalue weighted by Crippen LogP contribution is 2.01. The maximum atomic E-state index is 10.4. The van der Waals surface area contributed by atoms with Crippen molar-refractivity contribution >= 4 is 5.97 Å². The number of carboxylic acid groups (broad SMARTS) is 1. The summed E-state index contributed by atoms with van der Waals surface area (Å²) in [5.41, 5.74) is 0. The third-order valence-corrected chi connectivity index (χ3v) is 1.64. The topological polar surface area (TPSA) is 79.5 Å². The highest BCUT2D eigenvalue weighted by atomic mass is 16.5. The number of aryl methyl sites for hydroxylation is 1. The van der Waals surface area contributed by atoms with Gasteiger partial charge < -0.3 is 9.63 Å². The van der Waals surface area contributed by atoms with Crippen LogP contribution in [0.25, 0.3) is 0 Å². The van der Waals surface area contributed by atoms with Crippen LogP contribution in [0.2, 0.25) is 0 Å². The molecule has 0 aliphatic heterocycles. The molecule has 0 amide bonds. The number of aliphatic carboxylic acids is 1. The number of hydrogen-bond acceptors (Lipinski definition) is 5. The van der Waals surface area contributed by atoms with Crippen molar-refractivity contribution in [1.82, 2.24) is 15.0 Å². The lowest BCUT2D eigenvalue weighted by molar-refractivity contribution is -0.138. The summed E-state index contributed by atoms with van der Waals surface area (Å²) >= 11 is 0. The van der Waals surface area contributed by atoms with Crippen molar-refractivity contribution in [1.29, 1.82) is 0 Å². The van der Waals surface area contributed by atoms with E-state index in [-0.39, 0.29) is 6.54 Å². The highest BCUT2D eigenvalue weighted by Gasteiger charge is 2.10. The highest BCUT2D eigenvalue weighted by molar-refractivity contribution is 5.68. The van der Waals surface area contributed by atoms with Gasteiger partial charge in [0, 0.05) is 6.42 Å². The summed E-state index contributed by atoms with van der Waals surface area (Å²) in [6, 6.07) is 0. The summed E-state index contributed by atoms with van der Waals surface area (Å²) < 4.78 is 4.91. The second kappa shape index (κ2) is 4.71. The van der Waals surface area contributed by atoms with Gasteiger partial charge in [-0.2, -0.15) is 4.98 Å². The molecule has 0 saturated heterocycles. The number of likely N-dealkylation sites (N-methyl/N-ethyl adjacent to an activating group) is 1. The lowest BCUT2D eigenvalue weighted by Crippen LogP contribution is -2.25. The van der Waals surface area contributed by atoms with Crippen LogP contribution >= 0.6 is 0 Å². The van der Waals surface area contributed by atoms with Crippen LogP contribution in [-0.2, 0) is 17.8 Å². The van der Waals surface area contributed by atoms with Crippen LogP contribution in [0.15, 0.2) is 4.52 Å². The van der Waals surface area contributed by atoms with Gasteiger partial charge in [0.15, 0.2) is 5.82 Å². The molecule has 0 bridgehead atoms. The first kappa shape index (κ1) is 10.6. The smallest absolute Gasteiger partial charge is 0.317 e. The molecule has 0 spiro atoms. The molecule has 1 aromatic rings. The van der Waals surface area contributed by atoms with E-state index in [1.54, 1.807) is 11.9 Å². The van der Waals surface area contributed by atoms with Gasteiger partial charge in [0.1, 0.15) is 0 Å². The largest absolute Gasteiger partial charge is 0.480 e. The molecule has 0 aliphatic carbocycles. The zero-order valence-corrected chi connectivity index (χ0v) is 8.23.